The first kappa shape index (κ1) is 9.00. The van der Waals surface area contributed by atoms with Crippen molar-refractivity contribution in [3.63, 3.8) is 0 Å². The molecule has 0 saturated heterocycles. The maximum atomic E-state index is 5.07. The fourth-order valence-corrected chi connectivity index (χ4v) is 1.40. The lowest BCUT2D eigenvalue weighted by Crippen LogP contribution is -1.85. The van der Waals surface area contributed by atoms with Crippen LogP contribution in [-0.2, 0) is 0 Å². The van der Waals surface area contributed by atoms with Crippen molar-refractivity contribution in [1.82, 2.24) is 5.16 Å². The summed E-state index contributed by atoms with van der Waals surface area (Å²) >= 11 is 0. The summed E-state index contributed by atoms with van der Waals surface area (Å²) in [5, 5.41) is 3.68. The van der Waals surface area contributed by atoms with Crippen molar-refractivity contribution in [2.75, 3.05) is 0 Å². The largest absolute Gasteiger partial charge is 0.356 e. The standard InChI is InChI=1S/C12H13NO.H2/c1-9(2)10-3-5-11(6-4-10)12-7-8-13-14-12;/h3-9H,1-2H3;1H. The predicted molar refractivity (Wildman–Crippen MR) is 58.1 cm³/mol. The summed E-state index contributed by atoms with van der Waals surface area (Å²) in [6, 6.07) is 10.3. The van der Waals surface area contributed by atoms with Crippen LogP contribution in [0.4, 0.5) is 0 Å². The van der Waals surface area contributed by atoms with E-state index in [2.05, 4.69) is 43.3 Å². The van der Waals surface area contributed by atoms with Crippen LogP contribution in [0.5, 0.6) is 0 Å². The Morgan fingerprint density at radius 3 is 2.36 bits per heavy atom. The zero-order valence-electron chi connectivity index (χ0n) is 8.40. The van der Waals surface area contributed by atoms with Crippen LogP contribution < -0.4 is 0 Å². The van der Waals surface area contributed by atoms with Crippen LogP contribution in [0.1, 0.15) is 26.8 Å². The molecule has 0 bridgehead atoms. The lowest BCUT2D eigenvalue weighted by atomic mass is 10.0. The fraction of sp³-hybridized carbons (Fsp3) is 0.250. The molecule has 0 aliphatic carbocycles. The van der Waals surface area contributed by atoms with E-state index in [9.17, 15) is 0 Å². The highest BCUT2D eigenvalue weighted by molar-refractivity contribution is 5.56. The van der Waals surface area contributed by atoms with Crippen molar-refractivity contribution in [1.29, 1.82) is 0 Å². The van der Waals surface area contributed by atoms with Crippen molar-refractivity contribution < 1.29 is 5.95 Å². The first-order valence-electron chi connectivity index (χ1n) is 4.78. The lowest BCUT2D eigenvalue weighted by Gasteiger charge is -2.04. The van der Waals surface area contributed by atoms with Crippen LogP contribution in [0.3, 0.4) is 0 Å². The van der Waals surface area contributed by atoms with E-state index >= 15 is 0 Å². The number of aromatic nitrogens is 1. The van der Waals surface area contributed by atoms with E-state index in [1.54, 1.807) is 6.20 Å². The van der Waals surface area contributed by atoms with Gasteiger partial charge in [0.1, 0.15) is 0 Å². The van der Waals surface area contributed by atoms with Crippen molar-refractivity contribution in [3.8, 4) is 11.3 Å². The van der Waals surface area contributed by atoms with Gasteiger partial charge < -0.3 is 4.52 Å². The van der Waals surface area contributed by atoms with Crippen LogP contribution in [0.2, 0.25) is 0 Å². The molecular weight excluding hydrogens is 174 g/mol. The first-order chi connectivity index (χ1) is 6.77. The molecule has 0 fully saturated rings. The van der Waals surface area contributed by atoms with E-state index < -0.39 is 0 Å². The Morgan fingerprint density at radius 1 is 1.14 bits per heavy atom. The minimum atomic E-state index is 0. The predicted octanol–water partition coefficient (Wildman–Crippen LogP) is 3.71. The Balaban J connectivity index is 0.00000112. The van der Waals surface area contributed by atoms with E-state index in [4.69, 9.17) is 4.52 Å². The molecule has 2 rings (SSSR count). The molecule has 2 nitrogen and oxygen atoms in total. The topological polar surface area (TPSA) is 26.0 Å². The van der Waals surface area contributed by atoms with Crippen LogP contribution in [0.25, 0.3) is 11.3 Å². The van der Waals surface area contributed by atoms with E-state index in [-0.39, 0.29) is 1.43 Å². The van der Waals surface area contributed by atoms with Gasteiger partial charge in [-0.15, -0.1) is 0 Å². The normalized spacial score (nSPS) is 10.8. The van der Waals surface area contributed by atoms with Crippen molar-refractivity contribution in [3.05, 3.63) is 42.1 Å². The second kappa shape index (κ2) is 3.66. The number of rotatable bonds is 2. The maximum Gasteiger partial charge on any atom is 0.166 e. The van der Waals surface area contributed by atoms with E-state index in [0.717, 1.165) is 11.3 Å². The van der Waals surface area contributed by atoms with Gasteiger partial charge in [0.25, 0.3) is 0 Å². The van der Waals surface area contributed by atoms with Gasteiger partial charge >= 0.3 is 0 Å². The van der Waals surface area contributed by atoms with Crippen LogP contribution in [0.15, 0.2) is 41.1 Å². The Hall–Kier alpha value is -1.57. The Labute approximate surface area is 85.0 Å². The molecule has 0 aliphatic rings. The maximum absolute atomic E-state index is 5.07. The highest BCUT2D eigenvalue weighted by Gasteiger charge is 2.02. The number of hydrogen-bond donors (Lipinski definition) is 0. The van der Waals surface area contributed by atoms with Gasteiger partial charge in [0, 0.05) is 13.1 Å². The highest BCUT2D eigenvalue weighted by atomic mass is 16.5. The van der Waals surface area contributed by atoms with Gasteiger partial charge in [0.15, 0.2) is 5.76 Å². The molecule has 0 unspecified atom stereocenters. The molecule has 14 heavy (non-hydrogen) atoms. The minimum absolute atomic E-state index is 0. The zero-order chi connectivity index (χ0) is 9.97. The third-order valence-electron chi connectivity index (χ3n) is 2.30. The summed E-state index contributed by atoms with van der Waals surface area (Å²) < 4.78 is 5.07. The van der Waals surface area contributed by atoms with Crippen molar-refractivity contribution in [2.45, 2.75) is 19.8 Å². The van der Waals surface area contributed by atoms with Crippen LogP contribution in [-0.4, -0.2) is 5.16 Å². The quantitative estimate of drug-likeness (QED) is 0.719. The van der Waals surface area contributed by atoms with E-state index in [0.29, 0.717) is 5.92 Å². The van der Waals surface area contributed by atoms with Crippen LogP contribution in [0, 0.1) is 0 Å². The molecule has 1 aromatic carbocycles. The van der Waals surface area contributed by atoms with Crippen molar-refractivity contribution >= 4 is 0 Å². The molecule has 2 heteroatoms. The van der Waals surface area contributed by atoms with E-state index in [1.165, 1.54) is 5.56 Å². The first-order valence-corrected chi connectivity index (χ1v) is 4.78. The number of benzene rings is 1. The second-order valence-corrected chi connectivity index (χ2v) is 3.65. The molecule has 1 aromatic heterocycles. The van der Waals surface area contributed by atoms with Gasteiger partial charge in [0.05, 0.1) is 6.20 Å². The van der Waals surface area contributed by atoms with Gasteiger partial charge in [-0.2, -0.15) is 0 Å². The second-order valence-electron chi connectivity index (χ2n) is 3.65. The van der Waals surface area contributed by atoms with Gasteiger partial charge in [-0.25, -0.2) is 0 Å². The highest BCUT2D eigenvalue weighted by Crippen LogP contribution is 2.21. The molecule has 2 aromatic rings. The molecule has 74 valence electrons. The summed E-state index contributed by atoms with van der Waals surface area (Å²) in [6.07, 6.45) is 1.66. The average Bonchev–Trinajstić information content (AvgIpc) is 2.71. The summed E-state index contributed by atoms with van der Waals surface area (Å²) in [4.78, 5) is 0. The summed E-state index contributed by atoms with van der Waals surface area (Å²) in [6.45, 7) is 4.37. The van der Waals surface area contributed by atoms with Gasteiger partial charge in [-0.1, -0.05) is 43.3 Å². The monoisotopic (exact) mass is 189 g/mol. The van der Waals surface area contributed by atoms with Gasteiger partial charge in [-0.3, -0.25) is 0 Å². The molecule has 0 radical (unpaired) electrons. The minimum Gasteiger partial charge on any atom is -0.356 e. The van der Waals surface area contributed by atoms with Crippen molar-refractivity contribution in [2.24, 2.45) is 0 Å². The Morgan fingerprint density at radius 2 is 1.86 bits per heavy atom. The zero-order valence-corrected chi connectivity index (χ0v) is 8.40. The Bertz CT molecular complexity index is 392. The van der Waals surface area contributed by atoms with Crippen LogP contribution >= 0.6 is 0 Å². The SMILES string of the molecule is CC(C)c1ccc(-c2ccno2)cc1.[HH]. The van der Waals surface area contributed by atoms with Gasteiger partial charge in [0.2, 0.25) is 0 Å². The summed E-state index contributed by atoms with van der Waals surface area (Å²) in [7, 11) is 0. The average molecular weight is 189 g/mol. The van der Waals surface area contributed by atoms with E-state index in [1.807, 2.05) is 6.07 Å². The lowest BCUT2D eigenvalue weighted by molar-refractivity contribution is 0.432. The molecule has 0 aliphatic heterocycles. The Kier molecular flexibility index (Phi) is 2.35. The third kappa shape index (κ3) is 1.69. The summed E-state index contributed by atoms with van der Waals surface area (Å²) in [5.41, 5.74) is 2.42. The number of nitrogens with zero attached hydrogens (tertiary/aromatic N) is 1. The number of hydrogen-bond acceptors (Lipinski definition) is 2. The third-order valence-corrected chi connectivity index (χ3v) is 2.30. The molecular formula is C12H15NO. The molecule has 0 spiro atoms. The summed E-state index contributed by atoms with van der Waals surface area (Å²) in [5.74, 6) is 1.39. The molecule has 0 saturated carbocycles. The molecule has 0 atom stereocenters. The molecule has 0 N–H and O–H groups in total. The fourth-order valence-electron chi connectivity index (χ4n) is 1.40. The smallest absolute Gasteiger partial charge is 0.166 e. The van der Waals surface area contributed by atoms with Gasteiger partial charge in [-0.05, 0) is 11.5 Å². The molecule has 0 amide bonds. The molecule has 1 heterocycles.